The molecule has 1 fully saturated rings. The maximum atomic E-state index is 10.2. The van der Waals surface area contributed by atoms with Gasteiger partial charge in [-0.2, -0.15) is 0 Å². The summed E-state index contributed by atoms with van der Waals surface area (Å²) >= 11 is 4.11. The first-order valence-corrected chi connectivity index (χ1v) is 7.69. The summed E-state index contributed by atoms with van der Waals surface area (Å²) in [7, 11) is 1.57. The van der Waals surface area contributed by atoms with Crippen LogP contribution in [0.2, 0.25) is 0 Å². The summed E-state index contributed by atoms with van der Waals surface area (Å²) in [6.45, 7) is 2.46. The number of hydrogen-bond donors (Lipinski definition) is 1. The fourth-order valence-electron chi connectivity index (χ4n) is 1.62. The van der Waals surface area contributed by atoms with Gasteiger partial charge in [-0.25, -0.2) is 4.31 Å². The van der Waals surface area contributed by atoms with Gasteiger partial charge in [0.25, 0.3) is 0 Å². The predicted octanol–water partition coefficient (Wildman–Crippen LogP) is 2.86. The second-order valence-electron chi connectivity index (χ2n) is 3.93. The van der Waals surface area contributed by atoms with Crippen LogP contribution < -0.4 is 0 Å². The molecular formula is C10H14N4O4S2. The van der Waals surface area contributed by atoms with Crippen LogP contribution in [-0.2, 0) is 0 Å². The first-order chi connectivity index (χ1) is 9.56. The predicted molar refractivity (Wildman–Crippen MR) is 79.5 cm³/mol. The van der Waals surface area contributed by atoms with Crippen molar-refractivity contribution < 1.29 is 9.85 Å². The highest BCUT2D eigenvalue weighted by molar-refractivity contribution is 8.67. The first kappa shape index (κ1) is 16.7. The fraction of sp³-hybridized carbons (Fsp3) is 0.500. The third-order valence-electron chi connectivity index (χ3n) is 2.57. The van der Waals surface area contributed by atoms with Crippen LogP contribution in [0.25, 0.3) is 0 Å². The Hall–Kier alpha value is -1.39. The number of piperidine rings is 1. The standard InChI is InChI=1S/C5H3N3O4.C5H11NS2/c9-7(10)4-2-1-3-6-5(4)8(11)12;7-8-6-4-2-1-3-5-6/h1-3H;7H,1-5H2. The largest absolute Gasteiger partial charge is 0.442 e. The normalized spacial score (nSPS) is 15.1. The van der Waals surface area contributed by atoms with Gasteiger partial charge >= 0.3 is 11.5 Å². The summed E-state index contributed by atoms with van der Waals surface area (Å²) in [5.74, 6) is -0.734. The maximum Gasteiger partial charge on any atom is 0.442 e. The number of thiol groups is 1. The molecule has 0 N–H and O–H groups in total. The highest BCUT2D eigenvalue weighted by Crippen LogP contribution is 2.21. The molecule has 0 radical (unpaired) electrons. The molecule has 0 unspecified atom stereocenters. The van der Waals surface area contributed by atoms with Crippen LogP contribution in [0.1, 0.15) is 19.3 Å². The van der Waals surface area contributed by atoms with Gasteiger partial charge in [0.1, 0.15) is 6.20 Å². The SMILES string of the molecule is O=[N+]([O-])c1cccnc1[N+](=O)[O-].SSN1CCCCC1. The van der Waals surface area contributed by atoms with Gasteiger partial charge < -0.3 is 10.1 Å². The van der Waals surface area contributed by atoms with Crippen LogP contribution in [0.5, 0.6) is 0 Å². The van der Waals surface area contributed by atoms with Crippen molar-refractivity contribution in [3.05, 3.63) is 38.6 Å². The van der Waals surface area contributed by atoms with Crippen molar-refractivity contribution in [2.45, 2.75) is 19.3 Å². The van der Waals surface area contributed by atoms with E-state index < -0.39 is 21.4 Å². The quantitative estimate of drug-likeness (QED) is 0.300. The highest BCUT2D eigenvalue weighted by Gasteiger charge is 2.23. The molecule has 1 aromatic rings. The molecule has 0 aliphatic carbocycles. The summed E-state index contributed by atoms with van der Waals surface area (Å²) < 4.78 is 2.30. The van der Waals surface area contributed by atoms with Gasteiger partial charge in [-0.05, 0) is 39.8 Å². The van der Waals surface area contributed by atoms with E-state index in [-0.39, 0.29) is 0 Å². The molecule has 1 aromatic heterocycles. The van der Waals surface area contributed by atoms with E-state index in [1.165, 1.54) is 38.4 Å². The van der Waals surface area contributed by atoms with Crippen molar-refractivity contribution in [3.8, 4) is 0 Å². The van der Waals surface area contributed by atoms with E-state index in [0.717, 1.165) is 12.3 Å². The van der Waals surface area contributed by atoms with Gasteiger partial charge in [0.15, 0.2) is 0 Å². The van der Waals surface area contributed by atoms with Gasteiger partial charge in [-0.3, -0.25) is 10.1 Å². The summed E-state index contributed by atoms with van der Waals surface area (Å²) in [6.07, 6.45) is 5.25. The molecule has 2 heterocycles. The van der Waals surface area contributed by atoms with Crippen LogP contribution in [0.15, 0.2) is 18.3 Å². The zero-order valence-electron chi connectivity index (χ0n) is 10.5. The Kier molecular flexibility index (Phi) is 7.26. The van der Waals surface area contributed by atoms with Gasteiger partial charge in [0.2, 0.25) is 0 Å². The number of pyridine rings is 1. The van der Waals surface area contributed by atoms with Crippen LogP contribution in [0.4, 0.5) is 11.5 Å². The lowest BCUT2D eigenvalue weighted by Crippen LogP contribution is -2.21. The minimum atomic E-state index is -0.891. The number of rotatable bonds is 3. The Balaban J connectivity index is 0.000000217. The zero-order chi connectivity index (χ0) is 15.0. The number of hydrogen-bond acceptors (Lipinski definition) is 8. The average molecular weight is 318 g/mol. The summed E-state index contributed by atoms with van der Waals surface area (Å²) in [4.78, 5) is 21.9. The lowest BCUT2D eigenvalue weighted by molar-refractivity contribution is -0.425. The second kappa shape index (κ2) is 8.72. The molecule has 0 bridgehead atoms. The van der Waals surface area contributed by atoms with E-state index in [2.05, 4.69) is 20.9 Å². The maximum absolute atomic E-state index is 10.2. The molecule has 10 heteroatoms. The van der Waals surface area contributed by atoms with E-state index in [4.69, 9.17) is 0 Å². The van der Waals surface area contributed by atoms with Crippen molar-refractivity contribution in [3.63, 3.8) is 0 Å². The lowest BCUT2D eigenvalue weighted by Gasteiger charge is -2.22. The van der Waals surface area contributed by atoms with Gasteiger partial charge in [-0.1, -0.05) is 18.1 Å². The molecule has 1 aliphatic heterocycles. The highest BCUT2D eigenvalue weighted by atomic mass is 33.1. The Morgan fingerprint density at radius 3 is 2.25 bits per heavy atom. The molecule has 0 atom stereocenters. The molecule has 8 nitrogen and oxygen atoms in total. The average Bonchev–Trinajstić information content (AvgIpc) is 2.48. The van der Waals surface area contributed by atoms with Crippen LogP contribution in [-0.4, -0.2) is 32.2 Å². The summed E-state index contributed by atoms with van der Waals surface area (Å²) in [5.41, 5.74) is -0.595. The van der Waals surface area contributed by atoms with Crippen molar-refractivity contribution >= 4 is 34.1 Å². The smallest absolute Gasteiger partial charge is 0.358 e. The van der Waals surface area contributed by atoms with Crippen LogP contribution >= 0.6 is 22.6 Å². The number of nitro groups is 2. The van der Waals surface area contributed by atoms with E-state index in [0.29, 0.717) is 0 Å². The van der Waals surface area contributed by atoms with Crippen LogP contribution in [0, 0.1) is 20.2 Å². The van der Waals surface area contributed by atoms with Crippen molar-refractivity contribution in [2.75, 3.05) is 13.1 Å². The van der Waals surface area contributed by atoms with Crippen molar-refractivity contribution in [2.24, 2.45) is 0 Å². The van der Waals surface area contributed by atoms with E-state index in [1.807, 2.05) is 0 Å². The molecule has 110 valence electrons. The molecule has 1 aliphatic rings. The lowest BCUT2D eigenvalue weighted by atomic mass is 10.2. The van der Waals surface area contributed by atoms with Crippen molar-refractivity contribution in [1.82, 2.24) is 9.29 Å². The second-order valence-corrected chi connectivity index (χ2v) is 5.10. The molecule has 0 aromatic carbocycles. The van der Waals surface area contributed by atoms with Gasteiger partial charge in [-0.15, -0.1) is 0 Å². The Bertz CT molecular complexity index is 435. The fourth-order valence-corrected chi connectivity index (χ4v) is 2.53. The number of nitrogens with zero attached hydrogens (tertiary/aromatic N) is 4. The molecule has 0 amide bonds. The van der Waals surface area contributed by atoms with Crippen LogP contribution in [0.3, 0.4) is 0 Å². The van der Waals surface area contributed by atoms with E-state index >= 15 is 0 Å². The molecule has 1 saturated heterocycles. The van der Waals surface area contributed by atoms with Gasteiger partial charge in [0.05, 0.1) is 4.92 Å². The topological polar surface area (TPSA) is 102 Å². The molecule has 20 heavy (non-hydrogen) atoms. The first-order valence-electron chi connectivity index (χ1n) is 5.86. The molecule has 2 rings (SSSR count). The monoisotopic (exact) mass is 318 g/mol. The van der Waals surface area contributed by atoms with Crippen molar-refractivity contribution in [1.29, 1.82) is 0 Å². The minimum Gasteiger partial charge on any atom is -0.358 e. The summed E-state index contributed by atoms with van der Waals surface area (Å²) in [6, 6.07) is 2.30. The third-order valence-corrected chi connectivity index (χ3v) is 3.86. The Morgan fingerprint density at radius 1 is 1.20 bits per heavy atom. The van der Waals surface area contributed by atoms with Gasteiger partial charge in [0, 0.05) is 19.2 Å². The Morgan fingerprint density at radius 2 is 1.85 bits per heavy atom. The molecule has 0 saturated carbocycles. The zero-order valence-corrected chi connectivity index (χ0v) is 12.3. The summed E-state index contributed by atoms with van der Waals surface area (Å²) in [5, 5.41) is 20.4. The Labute approximate surface area is 124 Å². The molecular weight excluding hydrogens is 304 g/mol. The minimum absolute atomic E-state index is 0.595. The third kappa shape index (κ3) is 5.31. The number of aromatic nitrogens is 1. The van der Waals surface area contributed by atoms with E-state index in [9.17, 15) is 20.2 Å². The van der Waals surface area contributed by atoms with E-state index in [1.54, 1.807) is 11.0 Å². The molecule has 0 spiro atoms.